The van der Waals surface area contributed by atoms with E-state index in [1.165, 1.54) is 29.5 Å². The highest BCUT2D eigenvalue weighted by atomic mass is 32.1. The van der Waals surface area contributed by atoms with Crippen molar-refractivity contribution in [2.24, 2.45) is 5.92 Å². The first kappa shape index (κ1) is 19.9. The fourth-order valence-electron chi connectivity index (χ4n) is 2.44. The van der Waals surface area contributed by atoms with Gasteiger partial charge >= 0.3 is 0 Å². The van der Waals surface area contributed by atoms with Crippen LogP contribution in [0, 0.1) is 17.6 Å². The van der Waals surface area contributed by atoms with Gasteiger partial charge < -0.3 is 10.1 Å². The molecule has 0 saturated carbocycles. The van der Waals surface area contributed by atoms with Gasteiger partial charge in [-0.05, 0) is 30.2 Å². The van der Waals surface area contributed by atoms with E-state index < -0.39 is 11.6 Å². The van der Waals surface area contributed by atoms with E-state index in [-0.39, 0.29) is 18.1 Å². The lowest BCUT2D eigenvalue weighted by Crippen LogP contribution is -2.27. The fraction of sp³-hybridized carbons (Fsp3) is 0.238. The summed E-state index contributed by atoms with van der Waals surface area (Å²) in [6.45, 7) is 4.40. The number of hydrogen-bond donors (Lipinski definition) is 1. The number of amides is 1. The monoisotopic (exact) mass is 402 g/mol. The van der Waals surface area contributed by atoms with Crippen LogP contribution in [0.4, 0.5) is 8.78 Å². The predicted molar refractivity (Wildman–Crippen MR) is 105 cm³/mol. The Morgan fingerprint density at radius 2 is 1.89 bits per heavy atom. The topological polar surface area (TPSA) is 51.2 Å². The van der Waals surface area contributed by atoms with Crippen molar-refractivity contribution in [1.29, 1.82) is 0 Å². The number of benzene rings is 2. The minimum atomic E-state index is -0.645. The van der Waals surface area contributed by atoms with E-state index in [2.05, 4.69) is 10.3 Å². The first-order chi connectivity index (χ1) is 13.4. The van der Waals surface area contributed by atoms with Crippen LogP contribution in [0.15, 0.2) is 47.8 Å². The molecule has 3 rings (SSSR count). The first-order valence-electron chi connectivity index (χ1n) is 8.84. The second-order valence-corrected chi connectivity index (χ2v) is 7.52. The van der Waals surface area contributed by atoms with E-state index in [0.717, 1.165) is 5.56 Å². The summed E-state index contributed by atoms with van der Waals surface area (Å²) in [4.78, 5) is 16.5. The summed E-state index contributed by atoms with van der Waals surface area (Å²) in [5.41, 5.74) is 1.01. The van der Waals surface area contributed by atoms with Crippen LogP contribution in [0.3, 0.4) is 0 Å². The van der Waals surface area contributed by atoms with Gasteiger partial charge in [-0.25, -0.2) is 13.8 Å². The van der Waals surface area contributed by atoms with Crippen molar-refractivity contribution >= 4 is 17.2 Å². The van der Waals surface area contributed by atoms with Gasteiger partial charge in [0.05, 0.1) is 5.56 Å². The Balaban J connectivity index is 1.71. The van der Waals surface area contributed by atoms with Crippen molar-refractivity contribution in [3.63, 3.8) is 0 Å². The molecule has 0 aliphatic heterocycles. The normalized spacial score (nSPS) is 10.9. The minimum Gasteiger partial charge on any atom is -0.489 e. The number of hydrogen-bond acceptors (Lipinski definition) is 4. The van der Waals surface area contributed by atoms with Gasteiger partial charge in [-0.1, -0.05) is 32.0 Å². The molecular weight excluding hydrogens is 382 g/mol. The molecule has 7 heteroatoms. The molecule has 0 spiro atoms. The van der Waals surface area contributed by atoms with Crippen LogP contribution in [0.2, 0.25) is 0 Å². The van der Waals surface area contributed by atoms with E-state index >= 15 is 0 Å². The highest BCUT2D eigenvalue weighted by molar-refractivity contribution is 7.13. The summed E-state index contributed by atoms with van der Waals surface area (Å²) in [6, 6.07) is 10.7. The van der Waals surface area contributed by atoms with Crippen molar-refractivity contribution in [2.45, 2.75) is 20.5 Å². The maximum absolute atomic E-state index is 13.7. The summed E-state index contributed by atoms with van der Waals surface area (Å²) < 4.78 is 33.0. The standard InChI is InChI=1S/C21H20F2N2O2S/c1-13(2)10-24-20(26)19-12-28-21(25-19)14-5-3-6-15(9-14)27-11-16-17(22)7-4-8-18(16)23/h3-9,12-13H,10-11H2,1-2H3,(H,24,26). The third-order valence-corrected chi connectivity index (χ3v) is 4.82. The zero-order valence-corrected chi connectivity index (χ0v) is 16.4. The summed E-state index contributed by atoms with van der Waals surface area (Å²) >= 11 is 1.35. The van der Waals surface area contributed by atoms with Crippen LogP contribution in [0.1, 0.15) is 29.9 Å². The Kier molecular flexibility index (Phi) is 6.36. The van der Waals surface area contributed by atoms with E-state index in [9.17, 15) is 13.6 Å². The van der Waals surface area contributed by atoms with Crippen molar-refractivity contribution < 1.29 is 18.3 Å². The van der Waals surface area contributed by atoms with Gasteiger partial charge in [-0.15, -0.1) is 11.3 Å². The lowest BCUT2D eigenvalue weighted by atomic mass is 10.2. The Morgan fingerprint density at radius 3 is 2.61 bits per heavy atom. The molecular formula is C21H20F2N2O2S. The lowest BCUT2D eigenvalue weighted by molar-refractivity contribution is 0.0945. The van der Waals surface area contributed by atoms with Gasteiger partial charge in [0.2, 0.25) is 0 Å². The average molecular weight is 402 g/mol. The number of ether oxygens (including phenoxy) is 1. The Bertz CT molecular complexity index is 952. The van der Waals surface area contributed by atoms with Crippen LogP contribution in [-0.4, -0.2) is 17.4 Å². The van der Waals surface area contributed by atoms with Crippen LogP contribution in [0.5, 0.6) is 5.75 Å². The predicted octanol–water partition coefficient (Wildman–Crippen LogP) is 5.05. The van der Waals surface area contributed by atoms with Crippen molar-refractivity contribution in [2.75, 3.05) is 6.54 Å². The summed E-state index contributed by atoms with van der Waals surface area (Å²) in [6.07, 6.45) is 0. The highest BCUT2D eigenvalue weighted by Crippen LogP contribution is 2.27. The second-order valence-electron chi connectivity index (χ2n) is 6.66. The van der Waals surface area contributed by atoms with Crippen LogP contribution < -0.4 is 10.1 Å². The zero-order chi connectivity index (χ0) is 20.1. The van der Waals surface area contributed by atoms with Gasteiger partial charge in [0.1, 0.15) is 34.7 Å². The molecule has 4 nitrogen and oxygen atoms in total. The molecule has 0 saturated heterocycles. The number of carbonyl (C=O) groups is 1. The van der Waals surface area contributed by atoms with Gasteiger partial charge in [0, 0.05) is 17.5 Å². The third-order valence-electron chi connectivity index (χ3n) is 3.93. The number of aromatic nitrogens is 1. The summed E-state index contributed by atoms with van der Waals surface area (Å²) in [7, 11) is 0. The minimum absolute atomic E-state index is 0.119. The number of thiazole rings is 1. The van der Waals surface area contributed by atoms with Crippen molar-refractivity contribution in [3.05, 3.63) is 70.7 Å². The molecule has 0 unspecified atom stereocenters. The number of nitrogens with one attached hydrogen (secondary N) is 1. The summed E-state index contributed by atoms with van der Waals surface area (Å²) in [5.74, 6) is -0.684. The quantitative estimate of drug-likeness (QED) is 0.601. The molecule has 2 aromatic carbocycles. The fourth-order valence-corrected chi connectivity index (χ4v) is 3.24. The number of nitrogens with zero attached hydrogens (tertiary/aromatic N) is 1. The van der Waals surface area contributed by atoms with E-state index in [0.29, 0.717) is 28.9 Å². The Morgan fingerprint density at radius 1 is 1.18 bits per heavy atom. The largest absolute Gasteiger partial charge is 0.489 e. The molecule has 0 aliphatic carbocycles. The van der Waals surface area contributed by atoms with Crippen LogP contribution in [-0.2, 0) is 6.61 Å². The van der Waals surface area contributed by atoms with Crippen LogP contribution >= 0.6 is 11.3 Å². The molecule has 146 valence electrons. The molecule has 0 fully saturated rings. The smallest absolute Gasteiger partial charge is 0.270 e. The van der Waals surface area contributed by atoms with E-state index in [1.807, 2.05) is 19.9 Å². The molecule has 28 heavy (non-hydrogen) atoms. The molecule has 1 amide bonds. The molecule has 1 N–H and O–H groups in total. The highest BCUT2D eigenvalue weighted by Gasteiger charge is 2.13. The number of carbonyl (C=O) groups excluding carboxylic acids is 1. The molecule has 0 atom stereocenters. The van der Waals surface area contributed by atoms with Gasteiger partial charge in [0.15, 0.2) is 0 Å². The van der Waals surface area contributed by atoms with Crippen molar-refractivity contribution in [1.82, 2.24) is 10.3 Å². The maximum atomic E-state index is 13.7. The number of halogens is 2. The molecule has 0 aliphatic rings. The Labute approximate surface area is 166 Å². The van der Waals surface area contributed by atoms with Gasteiger partial charge in [0.25, 0.3) is 5.91 Å². The zero-order valence-electron chi connectivity index (χ0n) is 15.5. The molecule has 0 radical (unpaired) electrons. The summed E-state index contributed by atoms with van der Waals surface area (Å²) in [5, 5.41) is 5.20. The van der Waals surface area contributed by atoms with Crippen molar-refractivity contribution in [3.8, 4) is 16.3 Å². The molecule has 3 aromatic rings. The van der Waals surface area contributed by atoms with Crippen LogP contribution in [0.25, 0.3) is 10.6 Å². The molecule has 1 heterocycles. The average Bonchev–Trinajstić information content (AvgIpc) is 3.16. The maximum Gasteiger partial charge on any atom is 0.270 e. The van der Waals surface area contributed by atoms with Gasteiger partial charge in [-0.3, -0.25) is 4.79 Å². The second kappa shape index (κ2) is 8.93. The first-order valence-corrected chi connectivity index (χ1v) is 9.72. The molecule has 0 bridgehead atoms. The lowest BCUT2D eigenvalue weighted by Gasteiger charge is -2.09. The molecule has 1 aromatic heterocycles. The van der Waals surface area contributed by atoms with E-state index in [4.69, 9.17) is 4.74 Å². The SMILES string of the molecule is CC(C)CNC(=O)c1csc(-c2cccc(OCc3c(F)cccc3F)c2)n1. The number of rotatable bonds is 7. The third kappa shape index (κ3) is 4.92. The van der Waals surface area contributed by atoms with E-state index in [1.54, 1.807) is 23.6 Å². The van der Waals surface area contributed by atoms with Gasteiger partial charge in [-0.2, -0.15) is 0 Å². The Hall–Kier alpha value is -2.80.